The van der Waals surface area contributed by atoms with Crippen molar-refractivity contribution in [3.05, 3.63) is 24.0 Å². The molecule has 3 rings (SSSR count). The zero-order valence-corrected chi connectivity index (χ0v) is 12.5. The molecule has 0 saturated carbocycles. The Kier molecular flexibility index (Phi) is 4.51. The Morgan fingerprint density at radius 2 is 2.04 bits per heavy atom. The molecule has 2 aliphatic rings. The first-order valence-electron chi connectivity index (χ1n) is 7.58. The molecular formula is C15H19F2N3O3. The summed E-state index contributed by atoms with van der Waals surface area (Å²) in [7, 11) is 0. The molecule has 0 aliphatic carbocycles. The van der Waals surface area contributed by atoms with E-state index in [9.17, 15) is 13.6 Å². The number of anilines is 1. The lowest BCUT2D eigenvalue weighted by Crippen LogP contribution is -2.43. The monoisotopic (exact) mass is 327 g/mol. The maximum absolute atomic E-state index is 14.3. The number of benzene rings is 1. The van der Waals surface area contributed by atoms with Crippen molar-refractivity contribution < 1.29 is 23.4 Å². The molecule has 0 radical (unpaired) electrons. The second-order valence-electron chi connectivity index (χ2n) is 5.71. The smallest absolute Gasteiger partial charge is 0.407 e. The molecule has 1 aromatic rings. The van der Waals surface area contributed by atoms with Gasteiger partial charge in [0.1, 0.15) is 17.7 Å². The van der Waals surface area contributed by atoms with E-state index in [0.29, 0.717) is 5.69 Å². The van der Waals surface area contributed by atoms with Crippen molar-refractivity contribution in [2.75, 3.05) is 44.2 Å². The maximum Gasteiger partial charge on any atom is 0.407 e. The van der Waals surface area contributed by atoms with E-state index < -0.39 is 24.2 Å². The Balaban J connectivity index is 1.67. The Morgan fingerprint density at radius 3 is 2.65 bits per heavy atom. The number of alkyl halides is 1. The van der Waals surface area contributed by atoms with Crippen LogP contribution in [0.4, 0.5) is 19.3 Å². The van der Waals surface area contributed by atoms with Gasteiger partial charge in [0, 0.05) is 32.2 Å². The van der Waals surface area contributed by atoms with Gasteiger partial charge in [0.15, 0.2) is 6.17 Å². The molecule has 126 valence electrons. The van der Waals surface area contributed by atoms with Crippen molar-refractivity contribution in [3.8, 4) is 5.75 Å². The fraction of sp³-hybridized carbons (Fsp3) is 0.533. The average molecular weight is 327 g/mol. The third kappa shape index (κ3) is 3.47. The lowest BCUT2D eigenvalue weighted by molar-refractivity contribution is 0.134. The number of nitrogens with one attached hydrogen (secondary N) is 1. The normalized spacial score (nSPS) is 24.8. The Morgan fingerprint density at radius 1 is 1.30 bits per heavy atom. The molecule has 2 heterocycles. The molecule has 0 unspecified atom stereocenters. The molecule has 2 fully saturated rings. The van der Waals surface area contributed by atoms with Crippen LogP contribution in [0, 0.1) is 5.82 Å². The molecule has 0 spiro atoms. The van der Waals surface area contributed by atoms with E-state index in [1.807, 2.05) is 4.90 Å². The molecule has 2 atom stereocenters. The predicted octanol–water partition coefficient (Wildman–Crippen LogP) is 1.31. The van der Waals surface area contributed by atoms with Crippen LogP contribution in [0.5, 0.6) is 5.75 Å². The number of hydrogen-bond acceptors (Lipinski definition) is 4. The van der Waals surface area contributed by atoms with Gasteiger partial charge in [-0.2, -0.15) is 0 Å². The van der Waals surface area contributed by atoms with Crippen LogP contribution in [0.1, 0.15) is 0 Å². The zero-order valence-electron chi connectivity index (χ0n) is 12.5. The first-order chi connectivity index (χ1) is 11.0. The second kappa shape index (κ2) is 6.57. The molecule has 8 heteroatoms. The molecule has 6 nitrogen and oxygen atoms in total. The Hall–Kier alpha value is -2.09. The molecule has 2 N–H and O–H groups in total. The molecule has 2 aliphatic heterocycles. The SMILES string of the molecule is O=C(O)N1C[C@H](Oc2ccc(N3CCNCC3)c(F)c2)[C@@H](F)C1. The zero-order chi connectivity index (χ0) is 16.4. The number of rotatable bonds is 3. The number of piperazine rings is 1. The van der Waals surface area contributed by atoms with Crippen LogP contribution in [0.3, 0.4) is 0 Å². The van der Waals surface area contributed by atoms with Crippen molar-refractivity contribution >= 4 is 11.8 Å². The first kappa shape index (κ1) is 15.8. The van der Waals surface area contributed by atoms with Crippen molar-refractivity contribution in [1.29, 1.82) is 0 Å². The summed E-state index contributed by atoms with van der Waals surface area (Å²) in [6, 6.07) is 4.44. The molecule has 23 heavy (non-hydrogen) atoms. The Bertz CT molecular complexity index is 581. The Labute approximate surface area is 132 Å². The number of halogens is 2. The lowest BCUT2D eigenvalue weighted by atomic mass is 10.2. The minimum Gasteiger partial charge on any atom is -0.485 e. The van der Waals surface area contributed by atoms with Gasteiger partial charge in [-0.05, 0) is 12.1 Å². The summed E-state index contributed by atoms with van der Waals surface area (Å²) in [5.74, 6) is -0.214. The molecule has 0 aromatic heterocycles. The van der Waals surface area contributed by atoms with E-state index >= 15 is 0 Å². The van der Waals surface area contributed by atoms with Gasteiger partial charge in [0.25, 0.3) is 0 Å². The molecular weight excluding hydrogens is 308 g/mol. The molecule has 1 aromatic carbocycles. The van der Waals surface area contributed by atoms with Crippen LogP contribution >= 0.6 is 0 Å². The van der Waals surface area contributed by atoms with Gasteiger partial charge in [-0.15, -0.1) is 0 Å². The van der Waals surface area contributed by atoms with Gasteiger partial charge in [0.2, 0.25) is 0 Å². The minimum absolute atomic E-state index is 0.0579. The third-order valence-corrected chi connectivity index (χ3v) is 4.13. The largest absolute Gasteiger partial charge is 0.485 e. The molecule has 2 saturated heterocycles. The number of amides is 1. The third-order valence-electron chi connectivity index (χ3n) is 4.13. The topological polar surface area (TPSA) is 65.0 Å². The van der Waals surface area contributed by atoms with E-state index in [2.05, 4.69) is 5.32 Å². The number of likely N-dealkylation sites (tertiary alicyclic amines) is 1. The summed E-state index contributed by atoms with van der Waals surface area (Å²) < 4.78 is 33.5. The number of nitrogens with zero attached hydrogens (tertiary/aromatic N) is 2. The second-order valence-corrected chi connectivity index (χ2v) is 5.71. The van der Waals surface area contributed by atoms with E-state index in [1.54, 1.807) is 12.1 Å². The highest BCUT2D eigenvalue weighted by Crippen LogP contribution is 2.27. The van der Waals surface area contributed by atoms with Crippen LogP contribution in [0.2, 0.25) is 0 Å². The summed E-state index contributed by atoms with van der Waals surface area (Å²) in [5, 5.41) is 12.1. The van der Waals surface area contributed by atoms with Gasteiger partial charge in [-0.3, -0.25) is 0 Å². The number of ether oxygens (including phenoxy) is 1. The van der Waals surface area contributed by atoms with Gasteiger partial charge in [-0.1, -0.05) is 0 Å². The van der Waals surface area contributed by atoms with E-state index in [1.165, 1.54) is 6.07 Å². The highest BCUT2D eigenvalue weighted by atomic mass is 19.1. The van der Waals surface area contributed by atoms with Crippen LogP contribution in [0.15, 0.2) is 18.2 Å². The lowest BCUT2D eigenvalue weighted by Gasteiger charge is -2.29. The van der Waals surface area contributed by atoms with E-state index in [0.717, 1.165) is 31.1 Å². The van der Waals surface area contributed by atoms with Crippen LogP contribution in [0.25, 0.3) is 0 Å². The molecule has 0 bridgehead atoms. The first-order valence-corrected chi connectivity index (χ1v) is 7.58. The summed E-state index contributed by atoms with van der Waals surface area (Å²) in [5.41, 5.74) is 0.495. The predicted molar refractivity (Wildman–Crippen MR) is 80.4 cm³/mol. The van der Waals surface area contributed by atoms with E-state index in [-0.39, 0.29) is 18.8 Å². The summed E-state index contributed by atoms with van der Waals surface area (Å²) in [6.07, 6.45) is -3.50. The van der Waals surface area contributed by atoms with Gasteiger partial charge in [0.05, 0.1) is 18.8 Å². The van der Waals surface area contributed by atoms with Crippen molar-refractivity contribution in [2.45, 2.75) is 12.3 Å². The highest BCUT2D eigenvalue weighted by molar-refractivity contribution is 5.65. The highest BCUT2D eigenvalue weighted by Gasteiger charge is 2.37. The summed E-state index contributed by atoms with van der Waals surface area (Å²) in [6.45, 7) is 2.77. The van der Waals surface area contributed by atoms with Gasteiger partial charge >= 0.3 is 6.09 Å². The fourth-order valence-corrected chi connectivity index (χ4v) is 2.90. The van der Waals surface area contributed by atoms with Crippen LogP contribution in [-0.2, 0) is 0 Å². The quantitative estimate of drug-likeness (QED) is 0.876. The maximum atomic E-state index is 14.3. The number of carbonyl (C=O) groups is 1. The van der Waals surface area contributed by atoms with Crippen LogP contribution < -0.4 is 15.0 Å². The van der Waals surface area contributed by atoms with Gasteiger partial charge < -0.3 is 25.0 Å². The van der Waals surface area contributed by atoms with Crippen LogP contribution in [-0.4, -0.2) is 67.6 Å². The number of carboxylic acid groups (broad SMARTS) is 1. The minimum atomic E-state index is -1.41. The van der Waals surface area contributed by atoms with Crippen molar-refractivity contribution in [1.82, 2.24) is 10.2 Å². The van der Waals surface area contributed by atoms with Gasteiger partial charge in [-0.25, -0.2) is 13.6 Å². The summed E-state index contributed by atoms with van der Waals surface area (Å²) >= 11 is 0. The number of hydrogen-bond donors (Lipinski definition) is 2. The van der Waals surface area contributed by atoms with E-state index in [4.69, 9.17) is 9.84 Å². The summed E-state index contributed by atoms with van der Waals surface area (Å²) in [4.78, 5) is 13.8. The fourth-order valence-electron chi connectivity index (χ4n) is 2.90. The van der Waals surface area contributed by atoms with Crippen molar-refractivity contribution in [3.63, 3.8) is 0 Å². The standard InChI is InChI=1S/C15H19F2N3O3/c16-11-7-10(1-2-13(11)19-5-3-18-4-6-19)23-14-9-20(15(21)22)8-12(14)17/h1-2,7,12,14,18H,3-6,8-9H2,(H,21,22)/t12-,14-/m0/s1. The average Bonchev–Trinajstić information content (AvgIpc) is 2.90. The van der Waals surface area contributed by atoms with Crippen molar-refractivity contribution in [2.24, 2.45) is 0 Å². The molecule has 1 amide bonds.